The Morgan fingerprint density at radius 1 is 1.26 bits per heavy atom. The third kappa shape index (κ3) is 4.18. The topological polar surface area (TPSA) is 78.7 Å². The van der Waals surface area contributed by atoms with Crippen LogP contribution in [0.1, 0.15) is 49.1 Å². The summed E-state index contributed by atoms with van der Waals surface area (Å²) in [5.41, 5.74) is 3.30. The quantitative estimate of drug-likeness (QED) is 0.837. The van der Waals surface area contributed by atoms with Gasteiger partial charge in [0, 0.05) is 57.2 Å². The number of nitrogens with zero attached hydrogens (tertiary/aromatic N) is 4. The highest BCUT2D eigenvalue weighted by atomic mass is 16.3. The number of carbonyl (C=O) groups excluding carboxylic acids is 2. The number of piperidine rings is 2. The van der Waals surface area contributed by atoms with Crippen molar-refractivity contribution in [1.82, 2.24) is 19.6 Å². The van der Waals surface area contributed by atoms with E-state index in [1.54, 1.807) is 4.90 Å². The maximum Gasteiger partial charge on any atom is 0.222 e. The number of hydrogen-bond donors (Lipinski definition) is 1. The average Bonchev–Trinajstić information content (AvgIpc) is 2.88. The highest BCUT2D eigenvalue weighted by Gasteiger charge is 2.42. The van der Waals surface area contributed by atoms with E-state index >= 15 is 0 Å². The Balaban J connectivity index is 1.62. The van der Waals surface area contributed by atoms with E-state index in [4.69, 9.17) is 0 Å². The number of hydrogen-bond acceptors (Lipinski definition) is 4. The lowest BCUT2D eigenvalue weighted by molar-refractivity contribution is -0.143. The van der Waals surface area contributed by atoms with E-state index in [0.717, 1.165) is 50.2 Å². The minimum atomic E-state index is -0.00568. The molecule has 0 saturated carbocycles. The monoisotopic (exact) mass is 376 g/mol. The van der Waals surface area contributed by atoms with E-state index in [9.17, 15) is 14.7 Å². The molecule has 0 bridgehead atoms. The molecule has 7 heteroatoms. The molecule has 2 aliphatic heterocycles. The van der Waals surface area contributed by atoms with E-state index in [1.165, 1.54) is 5.56 Å². The van der Waals surface area contributed by atoms with Crippen molar-refractivity contribution in [2.75, 3.05) is 32.8 Å². The van der Waals surface area contributed by atoms with Gasteiger partial charge in [-0.05, 0) is 45.1 Å². The van der Waals surface area contributed by atoms with Gasteiger partial charge in [-0.1, -0.05) is 0 Å². The molecule has 1 aromatic heterocycles. The van der Waals surface area contributed by atoms with Crippen molar-refractivity contribution in [1.29, 1.82) is 0 Å². The molecule has 7 nitrogen and oxygen atoms in total. The lowest BCUT2D eigenvalue weighted by atomic mass is 9.73. The molecule has 3 heterocycles. The van der Waals surface area contributed by atoms with Crippen LogP contribution in [-0.2, 0) is 23.1 Å². The van der Waals surface area contributed by atoms with Gasteiger partial charge < -0.3 is 14.9 Å². The van der Waals surface area contributed by atoms with Crippen LogP contribution in [0.3, 0.4) is 0 Å². The summed E-state index contributed by atoms with van der Waals surface area (Å²) >= 11 is 0. The average molecular weight is 377 g/mol. The van der Waals surface area contributed by atoms with Gasteiger partial charge in [0.25, 0.3) is 0 Å². The Kier molecular flexibility index (Phi) is 5.89. The van der Waals surface area contributed by atoms with Crippen LogP contribution >= 0.6 is 0 Å². The van der Waals surface area contributed by atoms with E-state index in [2.05, 4.69) is 5.10 Å². The fourth-order valence-corrected chi connectivity index (χ4v) is 4.75. The maximum absolute atomic E-state index is 12.9. The number of aliphatic hydroxyl groups excluding tert-OH is 1. The van der Waals surface area contributed by atoms with Gasteiger partial charge in [-0.25, -0.2) is 0 Å². The second-order valence-corrected chi connectivity index (χ2v) is 8.23. The first kappa shape index (κ1) is 19.9. The largest absolute Gasteiger partial charge is 0.395 e. The molecule has 2 amide bonds. The van der Waals surface area contributed by atoms with Gasteiger partial charge in [0.15, 0.2) is 0 Å². The molecule has 1 spiro atoms. The smallest absolute Gasteiger partial charge is 0.222 e. The SMILES string of the molecule is Cc1nn(C)c(C)c1CCC(=O)N1CCCC2(CCC(=O)N(CCO)C2)C1. The third-order valence-electron chi connectivity index (χ3n) is 6.38. The number of aromatic nitrogens is 2. The van der Waals surface area contributed by atoms with Crippen LogP contribution < -0.4 is 0 Å². The van der Waals surface area contributed by atoms with Crippen LogP contribution in [0.2, 0.25) is 0 Å². The number of likely N-dealkylation sites (tertiary alicyclic amines) is 2. The Hall–Kier alpha value is -1.89. The number of carbonyl (C=O) groups is 2. The molecule has 0 aromatic carbocycles. The summed E-state index contributed by atoms with van der Waals surface area (Å²) in [4.78, 5) is 28.7. The number of rotatable bonds is 5. The van der Waals surface area contributed by atoms with Gasteiger partial charge in [0.05, 0.1) is 12.3 Å². The second-order valence-electron chi connectivity index (χ2n) is 8.23. The fraction of sp³-hybridized carbons (Fsp3) is 0.750. The summed E-state index contributed by atoms with van der Waals surface area (Å²) in [6.45, 7) is 6.63. The van der Waals surface area contributed by atoms with Crippen molar-refractivity contribution in [3.8, 4) is 0 Å². The zero-order valence-corrected chi connectivity index (χ0v) is 16.8. The summed E-state index contributed by atoms with van der Waals surface area (Å²) in [5, 5.41) is 13.7. The Labute approximate surface area is 161 Å². The highest BCUT2D eigenvalue weighted by Crippen LogP contribution is 2.39. The number of aryl methyl sites for hydroxylation is 2. The molecule has 2 aliphatic rings. The first-order valence-corrected chi connectivity index (χ1v) is 10.0. The second kappa shape index (κ2) is 8.00. The van der Waals surface area contributed by atoms with Gasteiger partial charge in [0.1, 0.15) is 0 Å². The van der Waals surface area contributed by atoms with Crippen LogP contribution in [0.5, 0.6) is 0 Å². The molecule has 2 fully saturated rings. The summed E-state index contributed by atoms with van der Waals surface area (Å²) in [6, 6.07) is 0. The predicted molar refractivity (Wildman–Crippen MR) is 102 cm³/mol. The van der Waals surface area contributed by atoms with Crippen molar-refractivity contribution in [3.63, 3.8) is 0 Å². The van der Waals surface area contributed by atoms with Crippen LogP contribution in [0.15, 0.2) is 0 Å². The first-order valence-electron chi connectivity index (χ1n) is 10.0. The third-order valence-corrected chi connectivity index (χ3v) is 6.38. The number of amides is 2. The van der Waals surface area contributed by atoms with Crippen LogP contribution in [-0.4, -0.2) is 69.3 Å². The standard InChI is InChI=1S/C20H32N4O3/c1-15-17(16(2)22(3)21-15)5-6-18(26)23-10-4-8-20(13-23)9-7-19(27)24(14-20)11-12-25/h25H,4-14H2,1-3H3. The lowest BCUT2D eigenvalue weighted by Crippen LogP contribution is -2.55. The lowest BCUT2D eigenvalue weighted by Gasteiger charge is -2.48. The molecule has 150 valence electrons. The summed E-state index contributed by atoms with van der Waals surface area (Å²) < 4.78 is 1.87. The summed E-state index contributed by atoms with van der Waals surface area (Å²) in [5.74, 6) is 0.322. The minimum Gasteiger partial charge on any atom is -0.395 e. The Morgan fingerprint density at radius 2 is 2.04 bits per heavy atom. The van der Waals surface area contributed by atoms with Crippen molar-refractivity contribution < 1.29 is 14.7 Å². The van der Waals surface area contributed by atoms with Crippen LogP contribution in [0.4, 0.5) is 0 Å². The fourth-order valence-electron chi connectivity index (χ4n) is 4.75. The molecule has 1 atom stereocenters. The molecule has 1 N–H and O–H groups in total. The van der Waals surface area contributed by atoms with E-state index in [0.29, 0.717) is 25.9 Å². The van der Waals surface area contributed by atoms with Crippen molar-refractivity contribution in [2.24, 2.45) is 12.5 Å². The van der Waals surface area contributed by atoms with Gasteiger partial charge in [0.2, 0.25) is 11.8 Å². The summed E-state index contributed by atoms with van der Waals surface area (Å²) in [7, 11) is 1.94. The normalized spacial score (nSPS) is 23.3. The zero-order chi connectivity index (χ0) is 19.6. The molecule has 1 aromatic rings. The molecule has 2 saturated heterocycles. The maximum atomic E-state index is 12.9. The molecular weight excluding hydrogens is 344 g/mol. The van der Waals surface area contributed by atoms with Crippen LogP contribution in [0.25, 0.3) is 0 Å². The zero-order valence-electron chi connectivity index (χ0n) is 16.8. The molecule has 0 aliphatic carbocycles. The van der Waals surface area contributed by atoms with Gasteiger partial charge in [-0.3, -0.25) is 14.3 Å². The number of β-amino-alcohol motifs (C(OH)–C–C–N with tert-alkyl or cyclic N) is 1. The highest BCUT2D eigenvalue weighted by molar-refractivity contribution is 5.78. The van der Waals surface area contributed by atoms with Gasteiger partial charge in [-0.2, -0.15) is 5.10 Å². The van der Waals surface area contributed by atoms with Gasteiger partial charge in [-0.15, -0.1) is 0 Å². The molecule has 3 rings (SSSR count). The van der Waals surface area contributed by atoms with E-state index in [1.807, 2.05) is 30.5 Å². The first-order chi connectivity index (χ1) is 12.8. The van der Waals surface area contributed by atoms with E-state index in [-0.39, 0.29) is 23.8 Å². The number of aliphatic hydroxyl groups is 1. The summed E-state index contributed by atoms with van der Waals surface area (Å²) in [6.07, 6.45) is 4.63. The van der Waals surface area contributed by atoms with Crippen molar-refractivity contribution in [2.45, 2.75) is 52.4 Å². The predicted octanol–water partition coefficient (Wildman–Crippen LogP) is 1.19. The molecule has 1 unspecified atom stereocenters. The van der Waals surface area contributed by atoms with Crippen molar-refractivity contribution in [3.05, 3.63) is 17.0 Å². The Bertz CT molecular complexity index is 714. The molecule has 0 radical (unpaired) electrons. The Morgan fingerprint density at radius 3 is 2.70 bits per heavy atom. The molecular formula is C20H32N4O3. The van der Waals surface area contributed by atoms with Gasteiger partial charge >= 0.3 is 0 Å². The minimum absolute atomic E-state index is 0.00285. The van der Waals surface area contributed by atoms with E-state index < -0.39 is 0 Å². The molecule has 27 heavy (non-hydrogen) atoms. The van der Waals surface area contributed by atoms with Crippen LogP contribution in [0, 0.1) is 19.3 Å². The van der Waals surface area contributed by atoms with Crippen molar-refractivity contribution >= 4 is 11.8 Å².